The molecule has 0 aromatic carbocycles. The molecule has 1 aliphatic carbocycles. The van der Waals surface area contributed by atoms with Crippen LogP contribution in [0.5, 0.6) is 0 Å². The first-order valence-electron chi connectivity index (χ1n) is 5.89. The van der Waals surface area contributed by atoms with Gasteiger partial charge in [0.25, 0.3) is 0 Å². The molecule has 0 heterocycles. The van der Waals surface area contributed by atoms with Gasteiger partial charge in [-0.15, -0.1) is 0 Å². The Morgan fingerprint density at radius 2 is 2.12 bits per heavy atom. The average Bonchev–Trinajstić information content (AvgIpc) is 3.09. The molecule has 0 aromatic rings. The molecule has 0 unspecified atom stereocenters. The lowest BCUT2D eigenvalue weighted by atomic mass is 10.0. The zero-order chi connectivity index (χ0) is 13.1. The number of nitrogens with zero attached hydrogens (tertiary/aromatic N) is 2. The molecule has 0 saturated heterocycles. The number of carbonyl (C=O) groups is 1. The van der Waals surface area contributed by atoms with Crippen molar-refractivity contribution in [1.82, 2.24) is 4.90 Å². The van der Waals surface area contributed by atoms with Gasteiger partial charge in [-0.3, -0.25) is 4.79 Å². The highest BCUT2D eigenvalue weighted by Crippen LogP contribution is 2.47. The molecule has 17 heavy (non-hydrogen) atoms. The third-order valence-electron chi connectivity index (χ3n) is 3.20. The van der Waals surface area contributed by atoms with Gasteiger partial charge in [0.15, 0.2) is 5.84 Å². The Morgan fingerprint density at radius 1 is 1.53 bits per heavy atom. The smallest absolute Gasteiger partial charge is 0.236 e. The van der Waals surface area contributed by atoms with E-state index in [1.165, 1.54) is 0 Å². The highest BCUT2D eigenvalue weighted by Gasteiger charge is 2.56. The fraction of sp³-hybridized carbons (Fsp3) is 0.818. The second kappa shape index (κ2) is 5.35. The first-order chi connectivity index (χ1) is 7.99. The molecule has 1 saturated carbocycles. The normalized spacial score (nSPS) is 18.2. The zero-order valence-corrected chi connectivity index (χ0v) is 10.4. The number of amidine groups is 1. The molecule has 6 heteroatoms. The fourth-order valence-electron chi connectivity index (χ4n) is 1.91. The molecular formula is C11H21N3O3. The molecule has 6 nitrogen and oxygen atoms in total. The number of nitrogens with two attached hydrogens (primary N) is 1. The topological polar surface area (TPSA) is 99.2 Å². The van der Waals surface area contributed by atoms with Crippen LogP contribution in [0.15, 0.2) is 5.16 Å². The predicted octanol–water partition coefficient (Wildman–Crippen LogP) is 0.132. The molecular weight excluding hydrogens is 222 g/mol. The summed E-state index contributed by atoms with van der Waals surface area (Å²) in [6, 6.07) is 0.0398. The van der Waals surface area contributed by atoms with E-state index in [4.69, 9.17) is 16.0 Å². The Hall–Kier alpha value is -1.30. The van der Waals surface area contributed by atoms with Crippen molar-refractivity contribution in [1.29, 1.82) is 0 Å². The summed E-state index contributed by atoms with van der Waals surface area (Å²) in [5.41, 5.74) is 4.79. The van der Waals surface area contributed by atoms with Crippen LogP contribution in [0, 0.1) is 5.41 Å². The number of hydrogen-bond donors (Lipinski definition) is 3. The van der Waals surface area contributed by atoms with Crippen LogP contribution in [0.1, 0.15) is 33.1 Å². The molecule has 0 bridgehead atoms. The Kier molecular flexibility index (Phi) is 4.34. The number of carbonyl (C=O) groups excluding carboxylic acids is 1. The molecule has 0 aliphatic heterocycles. The van der Waals surface area contributed by atoms with Crippen LogP contribution >= 0.6 is 0 Å². The summed E-state index contributed by atoms with van der Waals surface area (Å²) < 4.78 is 0. The highest BCUT2D eigenvalue weighted by atomic mass is 16.4. The predicted molar refractivity (Wildman–Crippen MR) is 63.6 cm³/mol. The molecule has 1 aliphatic rings. The maximum Gasteiger partial charge on any atom is 0.236 e. The SMILES string of the molecule is CC(C)N(CCCO)C(=O)C1(C(N)=NO)CC1. The molecule has 98 valence electrons. The molecule has 0 spiro atoms. The monoisotopic (exact) mass is 243 g/mol. The van der Waals surface area contributed by atoms with E-state index in [2.05, 4.69) is 5.16 Å². The van der Waals surface area contributed by atoms with Gasteiger partial charge in [-0.1, -0.05) is 5.16 Å². The highest BCUT2D eigenvalue weighted by molar-refractivity contribution is 6.09. The number of aliphatic hydroxyl groups is 1. The van der Waals surface area contributed by atoms with Crippen LogP contribution < -0.4 is 5.73 Å². The van der Waals surface area contributed by atoms with E-state index in [0.29, 0.717) is 25.8 Å². The number of hydrogen-bond acceptors (Lipinski definition) is 4. The van der Waals surface area contributed by atoms with Gasteiger partial charge in [-0.2, -0.15) is 0 Å². The van der Waals surface area contributed by atoms with Crippen LogP contribution in [0.4, 0.5) is 0 Å². The van der Waals surface area contributed by atoms with Crippen molar-refractivity contribution in [2.24, 2.45) is 16.3 Å². The van der Waals surface area contributed by atoms with Gasteiger partial charge in [0.2, 0.25) is 5.91 Å². The van der Waals surface area contributed by atoms with Crippen LogP contribution in [0.25, 0.3) is 0 Å². The Balaban J connectivity index is 2.78. The lowest BCUT2D eigenvalue weighted by Crippen LogP contribution is -2.47. The summed E-state index contributed by atoms with van der Waals surface area (Å²) >= 11 is 0. The number of oxime groups is 1. The van der Waals surface area contributed by atoms with E-state index >= 15 is 0 Å². The van der Waals surface area contributed by atoms with E-state index < -0.39 is 5.41 Å². The van der Waals surface area contributed by atoms with Crippen LogP contribution in [-0.4, -0.2) is 46.1 Å². The van der Waals surface area contributed by atoms with Crippen molar-refractivity contribution in [2.75, 3.05) is 13.2 Å². The van der Waals surface area contributed by atoms with Crippen molar-refractivity contribution in [3.63, 3.8) is 0 Å². The lowest BCUT2D eigenvalue weighted by Gasteiger charge is -2.30. The van der Waals surface area contributed by atoms with Gasteiger partial charge in [-0.05, 0) is 33.1 Å². The van der Waals surface area contributed by atoms with Crippen molar-refractivity contribution in [3.05, 3.63) is 0 Å². The van der Waals surface area contributed by atoms with Crippen molar-refractivity contribution in [3.8, 4) is 0 Å². The van der Waals surface area contributed by atoms with E-state index in [0.717, 1.165) is 0 Å². The largest absolute Gasteiger partial charge is 0.409 e. The lowest BCUT2D eigenvalue weighted by molar-refractivity contribution is -0.136. The van der Waals surface area contributed by atoms with Gasteiger partial charge in [0, 0.05) is 19.2 Å². The summed E-state index contributed by atoms with van der Waals surface area (Å²) in [5.74, 6) is -0.103. The second-order valence-corrected chi connectivity index (χ2v) is 4.74. The third kappa shape index (κ3) is 2.69. The molecule has 1 rings (SSSR count). The van der Waals surface area contributed by atoms with E-state index in [9.17, 15) is 4.79 Å². The third-order valence-corrected chi connectivity index (χ3v) is 3.20. The summed E-state index contributed by atoms with van der Waals surface area (Å²) in [5, 5.41) is 20.5. The van der Waals surface area contributed by atoms with Gasteiger partial charge < -0.3 is 20.9 Å². The molecule has 0 atom stereocenters. The quantitative estimate of drug-likeness (QED) is 0.267. The summed E-state index contributed by atoms with van der Waals surface area (Å²) in [6.07, 6.45) is 1.80. The first kappa shape index (κ1) is 13.8. The van der Waals surface area contributed by atoms with Crippen LogP contribution in [0.3, 0.4) is 0 Å². The number of rotatable bonds is 6. The van der Waals surface area contributed by atoms with E-state index in [1.54, 1.807) is 4.90 Å². The van der Waals surface area contributed by atoms with E-state index in [-0.39, 0.29) is 24.4 Å². The summed E-state index contributed by atoms with van der Waals surface area (Å²) in [4.78, 5) is 14.0. The molecule has 1 amide bonds. The van der Waals surface area contributed by atoms with Crippen molar-refractivity contribution in [2.45, 2.75) is 39.2 Å². The van der Waals surface area contributed by atoms with Gasteiger partial charge in [0.1, 0.15) is 5.41 Å². The molecule has 0 radical (unpaired) electrons. The van der Waals surface area contributed by atoms with Gasteiger partial charge in [0.05, 0.1) is 0 Å². The van der Waals surface area contributed by atoms with Crippen molar-refractivity contribution < 1.29 is 15.1 Å². The van der Waals surface area contributed by atoms with Gasteiger partial charge >= 0.3 is 0 Å². The standard InChI is InChI=1S/C11H21N3O3/c1-8(2)14(6-3-7-15)10(16)11(4-5-11)9(12)13-17/h8,15,17H,3-7H2,1-2H3,(H2,12,13). The number of aliphatic hydroxyl groups excluding tert-OH is 1. The second-order valence-electron chi connectivity index (χ2n) is 4.74. The maximum atomic E-state index is 12.3. The Labute approximate surface area is 101 Å². The fourth-order valence-corrected chi connectivity index (χ4v) is 1.91. The average molecular weight is 243 g/mol. The summed E-state index contributed by atoms with van der Waals surface area (Å²) in [6.45, 7) is 4.37. The molecule has 4 N–H and O–H groups in total. The zero-order valence-electron chi connectivity index (χ0n) is 10.4. The minimum Gasteiger partial charge on any atom is -0.409 e. The van der Waals surface area contributed by atoms with E-state index in [1.807, 2.05) is 13.8 Å². The molecule has 0 aromatic heterocycles. The first-order valence-corrected chi connectivity index (χ1v) is 5.89. The summed E-state index contributed by atoms with van der Waals surface area (Å²) in [7, 11) is 0. The minimum absolute atomic E-state index is 0.00264. The van der Waals surface area contributed by atoms with Crippen LogP contribution in [0.2, 0.25) is 0 Å². The Morgan fingerprint density at radius 3 is 2.47 bits per heavy atom. The number of amides is 1. The maximum absolute atomic E-state index is 12.3. The Bertz CT molecular complexity index is 311. The van der Waals surface area contributed by atoms with Gasteiger partial charge in [-0.25, -0.2) is 0 Å². The minimum atomic E-state index is -0.797. The van der Waals surface area contributed by atoms with Crippen LogP contribution in [-0.2, 0) is 4.79 Å². The van der Waals surface area contributed by atoms with Crippen molar-refractivity contribution >= 4 is 11.7 Å². The molecule has 1 fully saturated rings.